The van der Waals surface area contributed by atoms with Crippen LogP contribution in [0.25, 0.3) is 0 Å². The molecule has 0 aromatic heterocycles. The second kappa shape index (κ2) is 8.41. The molecule has 1 amide bonds. The number of hydrogen-bond donors (Lipinski definition) is 2. The maximum absolute atomic E-state index is 11.6. The van der Waals surface area contributed by atoms with E-state index in [2.05, 4.69) is 5.32 Å². The average molecular weight is 319 g/mol. The van der Waals surface area contributed by atoms with Crippen LogP contribution in [0.2, 0.25) is 5.02 Å². The first-order chi connectivity index (χ1) is 10.7. The number of anilines is 1. The van der Waals surface area contributed by atoms with Crippen LogP contribution in [0.5, 0.6) is 5.75 Å². The van der Waals surface area contributed by atoms with E-state index < -0.39 is 0 Å². The first kappa shape index (κ1) is 16.3. The van der Waals surface area contributed by atoms with Gasteiger partial charge in [-0.15, -0.1) is 0 Å². The Morgan fingerprint density at radius 1 is 1.09 bits per heavy atom. The maximum atomic E-state index is 11.6. The van der Waals surface area contributed by atoms with Crippen molar-refractivity contribution in [2.24, 2.45) is 5.73 Å². The van der Waals surface area contributed by atoms with E-state index in [4.69, 9.17) is 22.1 Å². The highest BCUT2D eigenvalue weighted by molar-refractivity contribution is 6.30. The number of amides is 1. The smallest absolute Gasteiger partial charge is 0.224 e. The summed E-state index contributed by atoms with van der Waals surface area (Å²) in [5.74, 6) is 0.718. The molecule has 0 unspecified atom stereocenters. The number of halogens is 1. The van der Waals surface area contributed by atoms with Gasteiger partial charge in [0.15, 0.2) is 0 Å². The third kappa shape index (κ3) is 5.39. The molecule has 0 heterocycles. The second-order valence-electron chi connectivity index (χ2n) is 4.88. The van der Waals surface area contributed by atoms with Gasteiger partial charge in [-0.1, -0.05) is 23.7 Å². The Morgan fingerprint density at radius 3 is 2.41 bits per heavy atom. The number of rotatable bonds is 7. The molecule has 0 fully saturated rings. The third-order valence-electron chi connectivity index (χ3n) is 3.06. The fourth-order valence-corrected chi connectivity index (χ4v) is 1.99. The molecule has 5 heteroatoms. The van der Waals surface area contributed by atoms with Crippen LogP contribution in [0.3, 0.4) is 0 Å². The lowest BCUT2D eigenvalue weighted by Crippen LogP contribution is -2.13. The van der Waals surface area contributed by atoms with Crippen LogP contribution >= 0.6 is 11.6 Å². The number of nitrogens with one attached hydrogen (secondary N) is 1. The van der Waals surface area contributed by atoms with Gasteiger partial charge in [-0.05, 0) is 54.9 Å². The average Bonchev–Trinajstić information content (AvgIpc) is 2.54. The van der Waals surface area contributed by atoms with Gasteiger partial charge in [0.25, 0.3) is 0 Å². The van der Waals surface area contributed by atoms with Crippen LogP contribution in [-0.2, 0) is 11.4 Å². The van der Waals surface area contributed by atoms with Gasteiger partial charge in [0.05, 0.1) is 0 Å². The lowest BCUT2D eigenvalue weighted by atomic mass is 10.2. The van der Waals surface area contributed by atoms with Crippen molar-refractivity contribution in [3.63, 3.8) is 0 Å². The van der Waals surface area contributed by atoms with Crippen LogP contribution in [0.1, 0.15) is 18.4 Å². The Morgan fingerprint density at radius 2 is 1.77 bits per heavy atom. The number of hydrogen-bond acceptors (Lipinski definition) is 3. The number of carbonyl (C=O) groups is 1. The molecule has 22 heavy (non-hydrogen) atoms. The number of ether oxygens (including phenoxy) is 1. The predicted molar refractivity (Wildman–Crippen MR) is 89.1 cm³/mol. The summed E-state index contributed by atoms with van der Waals surface area (Å²) in [6.07, 6.45) is 1.12. The van der Waals surface area contributed by atoms with E-state index in [0.717, 1.165) is 17.0 Å². The van der Waals surface area contributed by atoms with Crippen LogP contribution in [-0.4, -0.2) is 12.5 Å². The van der Waals surface area contributed by atoms with E-state index in [1.165, 1.54) is 0 Å². The molecule has 0 bridgehead atoms. The highest BCUT2D eigenvalue weighted by Gasteiger charge is 2.02. The first-order valence-corrected chi connectivity index (χ1v) is 7.52. The van der Waals surface area contributed by atoms with Gasteiger partial charge in [0, 0.05) is 17.1 Å². The maximum Gasteiger partial charge on any atom is 0.224 e. The summed E-state index contributed by atoms with van der Waals surface area (Å²) in [6, 6.07) is 14.8. The first-order valence-electron chi connectivity index (χ1n) is 7.14. The van der Waals surface area contributed by atoms with Crippen molar-refractivity contribution in [1.29, 1.82) is 0 Å². The Bertz CT molecular complexity index is 597. The molecule has 0 aliphatic heterocycles. The molecule has 0 radical (unpaired) electrons. The van der Waals surface area contributed by atoms with E-state index in [-0.39, 0.29) is 5.91 Å². The van der Waals surface area contributed by atoms with Crippen molar-refractivity contribution in [3.8, 4) is 5.75 Å². The lowest BCUT2D eigenvalue weighted by Gasteiger charge is -2.08. The zero-order valence-electron chi connectivity index (χ0n) is 12.2. The SMILES string of the molecule is NCCCC(=O)Nc1ccc(OCc2ccc(Cl)cc2)cc1. The molecule has 116 valence electrons. The summed E-state index contributed by atoms with van der Waals surface area (Å²) < 4.78 is 5.68. The molecule has 0 atom stereocenters. The van der Waals surface area contributed by atoms with Crippen molar-refractivity contribution in [3.05, 3.63) is 59.1 Å². The normalized spacial score (nSPS) is 10.3. The van der Waals surface area contributed by atoms with Crippen LogP contribution in [0, 0.1) is 0 Å². The Hall–Kier alpha value is -2.04. The highest BCUT2D eigenvalue weighted by Crippen LogP contribution is 2.18. The predicted octanol–water partition coefficient (Wildman–Crippen LogP) is 3.60. The van der Waals surface area contributed by atoms with Crippen LogP contribution in [0.15, 0.2) is 48.5 Å². The molecular formula is C17H19ClN2O2. The van der Waals surface area contributed by atoms with Crippen molar-refractivity contribution >= 4 is 23.2 Å². The largest absolute Gasteiger partial charge is 0.489 e. The number of nitrogens with two attached hydrogens (primary N) is 1. The fourth-order valence-electron chi connectivity index (χ4n) is 1.87. The molecule has 0 spiro atoms. The molecule has 0 saturated heterocycles. The highest BCUT2D eigenvalue weighted by atomic mass is 35.5. The zero-order chi connectivity index (χ0) is 15.8. The minimum Gasteiger partial charge on any atom is -0.489 e. The van der Waals surface area contributed by atoms with Gasteiger partial charge in [-0.25, -0.2) is 0 Å². The molecule has 2 rings (SSSR count). The molecule has 2 aromatic rings. The van der Waals surface area contributed by atoms with Crippen molar-refractivity contribution in [1.82, 2.24) is 0 Å². The minimum absolute atomic E-state index is 0.0275. The summed E-state index contributed by atoms with van der Waals surface area (Å²) in [4.78, 5) is 11.6. The van der Waals surface area contributed by atoms with E-state index in [1.54, 1.807) is 0 Å². The molecule has 2 aromatic carbocycles. The van der Waals surface area contributed by atoms with Gasteiger partial charge in [0.1, 0.15) is 12.4 Å². The van der Waals surface area contributed by atoms with E-state index in [9.17, 15) is 4.79 Å². The molecule has 3 N–H and O–H groups in total. The van der Waals surface area contributed by atoms with E-state index in [0.29, 0.717) is 31.0 Å². The number of benzene rings is 2. The molecule has 4 nitrogen and oxygen atoms in total. The Labute approximate surface area is 135 Å². The zero-order valence-corrected chi connectivity index (χ0v) is 13.0. The second-order valence-corrected chi connectivity index (χ2v) is 5.32. The van der Waals surface area contributed by atoms with Gasteiger partial charge >= 0.3 is 0 Å². The summed E-state index contributed by atoms with van der Waals surface area (Å²) in [5, 5.41) is 3.53. The topological polar surface area (TPSA) is 64.4 Å². The molecule has 0 aliphatic carbocycles. The minimum atomic E-state index is -0.0275. The Balaban J connectivity index is 1.83. The summed E-state index contributed by atoms with van der Waals surface area (Å²) >= 11 is 5.84. The van der Waals surface area contributed by atoms with Crippen LogP contribution in [0.4, 0.5) is 5.69 Å². The van der Waals surface area contributed by atoms with E-state index >= 15 is 0 Å². The molecular weight excluding hydrogens is 300 g/mol. The third-order valence-corrected chi connectivity index (χ3v) is 3.32. The summed E-state index contributed by atoms with van der Waals surface area (Å²) in [7, 11) is 0. The lowest BCUT2D eigenvalue weighted by molar-refractivity contribution is -0.116. The van der Waals surface area contributed by atoms with E-state index in [1.807, 2.05) is 48.5 Å². The van der Waals surface area contributed by atoms with Gasteiger partial charge in [0.2, 0.25) is 5.91 Å². The van der Waals surface area contributed by atoms with Crippen molar-refractivity contribution < 1.29 is 9.53 Å². The van der Waals surface area contributed by atoms with Gasteiger partial charge < -0.3 is 15.8 Å². The Kier molecular flexibility index (Phi) is 6.25. The monoisotopic (exact) mass is 318 g/mol. The number of carbonyl (C=O) groups excluding carboxylic acids is 1. The van der Waals surface area contributed by atoms with Crippen molar-refractivity contribution in [2.45, 2.75) is 19.4 Å². The fraction of sp³-hybridized carbons (Fsp3) is 0.235. The van der Waals surface area contributed by atoms with Crippen LogP contribution < -0.4 is 15.8 Å². The molecule has 0 saturated carbocycles. The van der Waals surface area contributed by atoms with Crippen molar-refractivity contribution in [2.75, 3.05) is 11.9 Å². The quantitative estimate of drug-likeness (QED) is 0.820. The standard InChI is InChI=1S/C17H19ClN2O2/c18-14-5-3-13(4-6-14)12-22-16-9-7-15(8-10-16)20-17(21)2-1-11-19/h3-10H,1-2,11-12,19H2,(H,20,21). The van der Waals surface area contributed by atoms with Gasteiger partial charge in [-0.3, -0.25) is 4.79 Å². The molecule has 0 aliphatic rings. The summed E-state index contributed by atoms with van der Waals surface area (Å²) in [6.45, 7) is 0.990. The summed E-state index contributed by atoms with van der Waals surface area (Å²) in [5.41, 5.74) is 7.17. The van der Waals surface area contributed by atoms with Gasteiger partial charge in [-0.2, -0.15) is 0 Å².